The van der Waals surface area contributed by atoms with Crippen molar-refractivity contribution in [3.05, 3.63) is 22.7 Å². The Labute approximate surface area is 118 Å². The fourth-order valence-electron chi connectivity index (χ4n) is 1.41. The first-order valence-electron chi connectivity index (χ1n) is 5.43. The number of rotatable bonds is 5. The molecule has 0 aliphatic heterocycles. The van der Waals surface area contributed by atoms with Gasteiger partial charge >= 0.3 is 0 Å². The van der Waals surface area contributed by atoms with Crippen LogP contribution >= 0.6 is 24.0 Å². The summed E-state index contributed by atoms with van der Waals surface area (Å²) in [6.07, 6.45) is -0.690. The maximum atomic E-state index is 9.95. The van der Waals surface area contributed by atoms with Gasteiger partial charge < -0.3 is 20.3 Å². The number of aromatic hydroxyl groups is 1. The number of hydrogen-bond acceptors (Lipinski definition) is 4. The summed E-state index contributed by atoms with van der Waals surface area (Å²) in [5.74, 6) is 0.151. The van der Waals surface area contributed by atoms with E-state index in [1.54, 1.807) is 6.07 Å². The molecule has 1 aromatic carbocycles. The summed E-state index contributed by atoms with van der Waals surface area (Å²) >= 11 is 5.84. The van der Waals surface area contributed by atoms with Crippen molar-refractivity contribution in [2.24, 2.45) is 0 Å². The van der Waals surface area contributed by atoms with Crippen LogP contribution in [-0.2, 0) is 0 Å². The van der Waals surface area contributed by atoms with Crippen LogP contribution in [-0.4, -0.2) is 29.9 Å². The molecule has 0 aliphatic rings. The van der Waals surface area contributed by atoms with Gasteiger partial charge in [0.25, 0.3) is 0 Å². The van der Waals surface area contributed by atoms with Crippen molar-refractivity contribution >= 4 is 24.0 Å². The summed E-state index contributed by atoms with van der Waals surface area (Å²) in [7, 11) is 1.44. The van der Waals surface area contributed by atoms with Gasteiger partial charge in [0.05, 0.1) is 18.2 Å². The average molecular weight is 296 g/mol. The molecule has 0 heterocycles. The van der Waals surface area contributed by atoms with E-state index in [2.05, 4.69) is 5.32 Å². The molecule has 0 saturated carbocycles. The minimum Gasteiger partial charge on any atom is -0.503 e. The van der Waals surface area contributed by atoms with Crippen molar-refractivity contribution in [3.63, 3.8) is 0 Å². The highest BCUT2D eigenvalue weighted by Crippen LogP contribution is 2.36. The maximum Gasteiger partial charge on any atom is 0.176 e. The van der Waals surface area contributed by atoms with Crippen LogP contribution in [0.25, 0.3) is 0 Å². The van der Waals surface area contributed by atoms with Gasteiger partial charge in [-0.2, -0.15) is 0 Å². The molecule has 1 aromatic rings. The zero-order valence-electron chi connectivity index (χ0n) is 10.6. The molecule has 1 atom stereocenters. The molecule has 0 aromatic heterocycles. The number of ether oxygens (including phenoxy) is 1. The number of phenols is 1. The molecule has 18 heavy (non-hydrogen) atoms. The van der Waals surface area contributed by atoms with Gasteiger partial charge in [-0.15, -0.1) is 12.4 Å². The highest BCUT2D eigenvalue weighted by Gasteiger charge is 2.14. The molecule has 1 rings (SSSR count). The van der Waals surface area contributed by atoms with Gasteiger partial charge in [0.15, 0.2) is 11.5 Å². The number of aliphatic hydroxyl groups excluding tert-OH is 1. The maximum absolute atomic E-state index is 9.95. The Bertz CT molecular complexity index is 386. The summed E-state index contributed by atoms with van der Waals surface area (Å²) in [6, 6.07) is 3.40. The summed E-state index contributed by atoms with van der Waals surface area (Å²) in [5.41, 5.74) is 0.609. The second kappa shape index (κ2) is 7.69. The van der Waals surface area contributed by atoms with Crippen LogP contribution in [0.2, 0.25) is 5.02 Å². The largest absolute Gasteiger partial charge is 0.503 e. The van der Waals surface area contributed by atoms with E-state index in [-0.39, 0.29) is 28.9 Å². The summed E-state index contributed by atoms with van der Waals surface area (Å²) in [6.45, 7) is 4.41. The average Bonchev–Trinajstić information content (AvgIpc) is 2.29. The molecule has 0 amide bonds. The Hall–Kier alpha value is -0.680. The Balaban J connectivity index is 0.00000289. The zero-order valence-corrected chi connectivity index (χ0v) is 12.2. The van der Waals surface area contributed by atoms with Crippen LogP contribution in [0.1, 0.15) is 25.5 Å². The van der Waals surface area contributed by atoms with Crippen molar-refractivity contribution in [1.82, 2.24) is 5.32 Å². The first-order chi connectivity index (χ1) is 7.95. The van der Waals surface area contributed by atoms with E-state index in [0.717, 1.165) is 0 Å². The zero-order chi connectivity index (χ0) is 13.0. The van der Waals surface area contributed by atoms with E-state index in [1.807, 2.05) is 13.8 Å². The number of aliphatic hydroxyl groups is 1. The standard InChI is InChI=1S/C12H18ClNO3.ClH/c1-7(2)14-6-10(15)8-4-9(13)12(16)11(5-8)17-3;/h4-5,7,10,14-16H,6H2,1-3H3;1H. The van der Waals surface area contributed by atoms with Crippen LogP contribution in [0, 0.1) is 0 Å². The van der Waals surface area contributed by atoms with Gasteiger partial charge in [-0.1, -0.05) is 25.4 Å². The molecule has 6 heteroatoms. The topological polar surface area (TPSA) is 61.7 Å². The number of methoxy groups -OCH3 is 1. The lowest BCUT2D eigenvalue weighted by atomic mass is 10.1. The molecule has 0 saturated heterocycles. The molecular weight excluding hydrogens is 277 g/mol. The number of nitrogens with one attached hydrogen (secondary N) is 1. The van der Waals surface area contributed by atoms with Gasteiger partial charge in [-0.3, -0.25) is 0 Å². The van der Waals surface area contributed by atoms with Crippen LogP contribution in [0.3, 0.4) is 0 Å². The third-order valence-electron chi connectivity index (χ3n) is 2.37. The Morgan fingerprint density at radius 3 is 2.50 bits per heavy atom. The predicted molar refractivity (Wildman–Crippen MR) is 75.0 cm³/mol. The molecule has 1 unspecified atom stereocenters. The summed E-state index contributed by atoms with van der Waals surface area (Å²) in [5, 5.41) is 22.8. The van der Waals surface area contributed by atoms with Crippen molar-refractivity contribution in [3.8, 4) is 11.5 Å². The SMILES string of the molecule is COc1cc(C(O)CNC(C)C)cc(Cl)c1O.Cl. The molecule has 0 bridgehead atoms. The predicted octanol–water partition coefficient (Wildman–Crippen LogP) is 2.51. The third-order valence-corrected chi connectivity index (χ3v) is 2.66. The molecule has 4 nitrogen and oxygen atoms in total. The van der Waals surface area contributed by atoms with Crippen molar-refractivity contribution in [2.75, 3.05) is 13.7 Å². The smallest absolute Gasteiger partial charge is 0.176 e. The second-order valence-corrected chi connectivity index (χ2v) is 4.54. The lowest BCUT2D eigenvalue weighted by Crippen LogP contribution is -2.27. The molecule has 104 valence electrons. The van der Waals surface area contributed by atoms with Crippen LogP contribution in [0.15, 0.2) is 12.1 Å². The molecule has 0 aliphatic carbocycles. The Kier molecular flexibility index (Phi) is 7.40. The second-order valence-electron chi connectivity index (χ2n) is 4.13. The molecule has 3 N–H and O–H groups in total. The number of halogens is 2. The third kappa shape index (κ3) is 4.53. The van der Waals surface area contributed by atoms with E-state index < -0.39 is 6.10 Å². The minimum atomic E-state index is -0.690. The van der Waals surface area contributed by atoms with E-state index in [0.29, 0.717) is 18.2 Å². The van der Waals surface area contributed by atoms with Crippen molar-refractivity contribution in [2.45, 2.75) is 26.0 Å². The molecule has 0 spiro atoms. The fourth-order valence-corrected chi connectivity index (χ4v) is 1.63. The Morgan fingerprint density at radius 2 is 2.00 bits per heavy atom. The van der Waals surface area contributed by atoms with Crippen LogP contribution < -0.4 is 10.1 Å². The van der Waals surface area contributed by atoms with Gasteiger partial charge in [0.1, 0.15) is 0 Å². The van der Waals surface area contributed by atoms with Gasteiger partial charge in [0.2, 0.25) is 0 Å². The quantitative estimate of drug-likeness (QED) is 0.781. The summed E-state index contributed by atoms with van der Waals surface area (Å²) < 4.78 is 4.98. The van der Waals surface area contributed by atoms with E-state index in [9.17, 15) is 10.2 Å². The number of phenolic OH excluding ortho intramolecular Hbond substituents is 1. The van der Waals surface area contributed by atoms with E-state index in [4.69, 9.17) is 16.3 Å². The first-order valence-corrected chi connectivity index (χ1v) is 5.81. The minimum absolute atomic E-state index is 0. The normalized spacial score (nSPS) is 12.1. The monoisotopic (exact) mass is 295 g/mol. The van der Waals surface area contributed by atoms with E-state index in [1.165, 1.54) is 13.2 Å². The lowest BCUT2D eigenvalue weighted by molar-refractivity contribution is 0.171. The number of hydrogen-bond donors (Lipinski definition) is 3. The van der Waals surface area contributed by atoms with Crippen molar-refractivity contribution in [1.29, 1.82) is 0 Å². The highest BCUT2D eigenvalue weighted by atomic mass is 35.5. The lowest BCUT2D eigenvalue weighted by Gasteiger charge is -2.16. The van der Waals surface area contributed by atoms with Gasteiger partial charge in [-0.05, 0) is 17.7 Å². The molecule has 0 radical (unpaired) electrons. The first kappa shape index (κ1) is 17.3. The fraction of sp³-hybridized carbons (Fsp3) is 0.500. The van der Waals surface area contributed by atoms with Crippen molar-refractivity contribution < 1.29 is 14.9 Å². The van der Waals surface area contributed by atoms with Gasteiger partial charge in [-0.25, -0.2) is 0 Å². The van der Waals surface area contributed by atoms with Gasteiger partial charge in [0, 0.05) is 12.6 Å². The summed E-state index contributed by atoms with van der Waals surface area (Å²) in [4.78, 5) is 0. The Morgan fingerprint density at radius 1 is 1.39 bits per heavy atom. The van der Waals surface area contributed by atoms with Crippen LogP contribution in [0.5, 0.6) is 11.5 Å². The highest BCUT2D eigenvalue weighted by molar-refractivity contribution is 6.32. The molecule has 0 fully saturated rings. The van der Waals surface area contributed by atoms with Crippen LogP contribution in [0.4, 0.5) is 0 Å². The number of benzene rings is 1. The van der Waals surface area contributed by atoms with E-state index >= 15 is 0 Å². The molecular formula is C12H19Cl2NO3.